The molecule has 2 aromatic heterocycles. The predicted octanol–water partition coefficient (Wildman–Crippen LogP) is 2.56. The van der Waals surface area contributed by atoms with Crippen LogP contribution in [0.4, 0.5) is 0 Å². The third-order valence-electron chi connectivity index (χ3n) is 3.76. The molecule has 0 saturated carbocycles. The van der Waals surface area contributed by atoms with E-state index in [0.29, 0.717) is 35.9 Å². The number of thiazole rings is 1. The lowest BCUT2D eigenvalue weighted by Crippen LogP contribution is -2.19. The molecule has 0 atom stereocenters. The summed E-state index contributed by atoms with van der Waals surface area (Å²) in [5.74, 6) is -0.338. The van der Waals surface area contributed by atoms with Gasteiger partial charge in [0.15, 0.2) is 10.5 Å². The van der Waals surface area contributed by atoms with Crippen LogP contribution in [0.3, 0.4) is 0 Å². The third kappa shape index (κ3) is 4.15. The first-order chi connectivity index (χ1) is 13.0. The summed E-state index contributed by atoms with van der Waals surface area (Å²) >= 11 is 1.31. The van der Waals surface area contributed by atoms with Crippen LogP contribution in [0.15, 0.2) is 33.8 Å². The summed E-state index contributed by atoms with van der Waals surface area (Å²) in [6, 6.07) is 6.79. The smallest absolute Gasteiger partial charge is 0.338 e. The minimum Gasteiger partial charge on any atom is -0.462 e. The molecule has 0 N–H and O–H groups in total. The molecule has 142 valence electrons. The number of hydrogen-bond donors (Lipinski definition) is 0. The molecule has 27 heavy (non-hydrogen) atoms. The molecule has 8 nitrogen and oxygen atoms in total. The monoisotopic (exact) mass is 389 g/mol. The van der Waals surface area contributed by atoms with Gasteiger partial charge in [0, 0.05) is 19.7 Å². The molecule has 1 aromatic carbocycles. The van der Waals surface area contributed by atoms with Crippen molar-refractivity contribution in [2.24, 2.45) is 4.99 Å². The van der Waals surface area contributed by atoms with Gasteiger partial charge in [-0.05, 0) is 32.0 Å². The van der Waals surface area contributed by atoms with Gasteiger partial charge in [-0.3, -0.25) is 4.79 Å². The highest BCUT2D eigenvalue weighted by molar-refractivity contribution is 7.16. The largest absolute Gasteiger partial charge is 0.462 e. The summed E-state index contributed by atoms with van der Waals surface area (Å²) in [5.41, 5.74) is 1.46. The van der Waals surface area contributed by atoms with Crippen LogP contribution in [0.1, 0.15) is 33.5 Å². The van der Waals surface area contributed by atoms with Crippen molar-refractivity contribution in [1.29, 1.82) is 0 Å². The van der Waals surface area contributed by atoms with Crippen molar-refractivity contribution in [3.05, 3.63) is 46.1 Å². The van der Waals surface area contributed by atoms with E-state index in [4.69, 9.17) is 14.0 Å². The number of hydrogen-bond acceptors (Lipinski definition) is 7. The zero-order valence-corrected chi connectivity index (χ0v) is 16.0. The Kier molecular flexibility index (Phi) is 5.82. The number of amides is 1. The van der Waals surface area contributed by atoms with Gasteiger partial charge in [0.1, 0.15) is 5.76 Å². The fraction of sp³-hybridized carbons (Fsp3) is 0.333. The lowest BCUT2D eigenvalue weighted by molar-refractivity contribution is 0.0526. The highest BCUT2D eigenvalue weighted by Crippen LogP contribution is 2.20. The van der Waals surface area contributed by atoms with Gasteiger partial charge in [0.25, 0.3) is 0 Å². The summed E-state index contributed by atoms with van der Waals surface area (Å²) in [7, 11) is 1.61. The first-order valence-electron chi connectivity index (χ1n) is 8.35. The zero-order valence-electron chi connectivity index (χ0n) is 15.2. The highest BCUT2D eigenvalue weighted by atomic mass is 32.1. The lowest BCUT2D eigenvalue weighted by atomic mass is 10.2. The second-order valence-electron chi connectivity index (χ2n) is 5.67. The molecular formula is C18H19N3O5S. The number of carbonyl (C=O) groups excluding carboxylic acids is 2. The number of fused-ring (bicyclic) bond motifs is 1. The van der Waals surface area contributed by atoms with E-state index in [-0.39, 0.29) is 11.7 Å². The topological polar surface area (TPSA) is 95.9 Å². The third-order valence-corrected chi connectivity index (χ3v) is 4.80. The Balaban J connectivity index is 2.08. The Bertz CT molecular complexity index is 1050. The van der Waals surface area contributed by atoms with E-state index in [0.717, 1.165) is 10.2 Å². The minimum absolute atomic E-state index is 0.149. The Morgan fingerprint density at radius 1 is 1.33 bits per heavy atom. The van der Waals surface area contributed by atoms with Crippen LogP contribution >= 0.6 is 11.3 Å². The normalized spacial score (nSPS) is 11.9. The van der Waals surface area contributed by atoms with Crippen LogP contribution in [0.25, 0.3) is 10.2 Å². The molecular weight excluding hydrogens is 370 g/mol. The quantitative estimate of drug-likeness (QED) is 0.601. The van der Waals surface area contributed by atoms with Crippen molar-refractivity contribution in [3.8, 4) is 0 Å². The van der Waals surface area contributed by atoms with Gasteiger partial charge in [0.05, 0.1) is 29.0 Å². The lowest BCUT2D eigenvalue weighted by Gasteiger charge is -2.05. The molecule has 0 spiro atoms. The van der Waals surface area contributed by atoms with Crippen molar-refractivity contribution in [1.82, 2.24) is 9.72 Å². The van der Waals surface area contributed by atoms with E-state index in [2.05, 4.69) is 10.1 Å². The van der Waals surface area contributed by atoms with Gasteiger partial charge in [-0.15, -0.1) is 0 Å². The summed E-state index contributed by atoms with van der Waals surface area (Å²) in [6.45, 7) is 4.74. The standard InChI is InChI=1S/C18H19N3O5S/c1-4-25-17(23)12-5-6-14-15(10-12)27-18(21(14)7-8-24-3)19-16(22)13-9-11(2)26-20-13/h5-6,9-10H,4,7-8H2,1-3H3. The maximum Gasteiger partial charge on any atom is 0.338 e. The van der Waals surface area contributed by atoms with Crippen LogP contribution in [0.2, 0.25) is 0 Å². The number of aryl methyl sites for hydroxylation is 1. The number of carbonyl (C=O) groups is 2. The van der Waals surface area contributed by atoms with Crippen LogP contribution < -0.4 is 4.80 Å². The summed E-state index contributed by atoms with van der Waals surface area (Å²) < 4.78 is 17.8. The minimum atomic E-state index is -0.491. The number of ether oxygens (including phenoxy) is 2. The van der Waals surface area contributed by atoms with Crippen molar-refractivity contribution < 1.29 is 23.6 Å². The average Bonchev–Trinajstić information content (AvgIpc) is 3.23. The summed E-state index contributed by atoms with van der Waals surface area (Å²) in [6.07, 6.45) is 0. The molecule has 0 unspecified atom stereocenters. The van der Waals surface area contributed by atoms with Crippen LogP contribution in [0, 0.1) is 6.92 Å². The summed E-state index contributed by atoms with van der Waals surface area (Å²) in [5, 5.41) is 3.71. The molecule has 0 aliphatic carbocycles. The molecule has 0 saturated heterocycles. The van der Waals surface area contributed by atoms with E-state index in [1.54, 1.807) is 33.1 Å². The first-order valence-corrected chi connectivity index (χ1v) is 9.17. The zero-order chi connectivity index (χ0) is 19.4. The van der Waals surface area contributed by atoms with Crippen molar-refractivity contribution in [2.45, 2.75) is 20.4 Å². The molecule has 3 aromatic rings. The van der Waals surface area contributed by atoms with Gasteiger partial charge in [-0.25, -0.2) is 4.79 Å². The Morgan fingerprint density at radius 2 is 2.15 bits per heavy atom. The van der Waals surface area contributed by atoms with Gasteiger partial charge in [-0.2, -0.15) is 4.99 Å². The molecule has 0 radical (unpaired) electrons. The Hall–Kier alpha value is -2.78. The van der Waals surface area contributed by atoms with Crippen molar-refractivity contribution in [2.75, 3.05) is 20.3 Å². The van der Waals surface area contributed by atoms with E-state index < -0.39 is 5.91 Å². The molecule has 3 rings (SSSR count). The molecule has 9 heteroatoms. The van der Waals surface area contributed by atoms with Crippen LogP contribution in [0.5, 0.6) is 0 Å². The average molecular weight is 389 g/mol. The number of benzene rings is 1. The fourth-order valence-electron chi connectivity index (χ4n) is 2.51. The Labute approximate surface area is 159 Å². The van der Waals surface area contributed by atoms with Crippen molar-refractivity contribution in [3.63, 3.8) is 0 Å². The molecule has 0 fully saturated rings. The molecule has 1 amide bonds. The molecule has 0 aliphatic heterocycles. The second kappa shape index (κ2) is 8.28. The van der Waals surface area contributed by atoms with Crippen molar-refractivity contribution >= 4 is 33.4 Å². The maximum atomic E-state index is 12.4. The Morgan fingerprint density at radius 3 is 2.81 bits per heavy atom. The second-order valence-corrected chi connectivity index (χ2v) is 6.68. The molecule has 0 bridgehead atoms. The van der Waals surface area contributed by atoms with Crippen LogP contribution in [-0.2, 0) is 16.0 Å². The number of aromatic nitrogens is 2. The number of methoxy groups -OCH3 is 1. The number of rotatable bonds is 6. The van der Waals surface area contributed by atoms with Crippen LogP contribution in [-0.4, -0.2) is 41.9 Å². The maximum absolute atomic E-state index is 12.4. The highest BCUT2D eigenvalue weighted by Gasteiger charge is 2.14. The first kappa shape index (κ1) is 19.0. The fourth-order valence-corrected chi connectivity index (χ4v) is 3.60. The SMILES string of the molecule is CCOC(=O)c1ccc2c(c1)sc(=NC(=O)c1cc(C)on1)n2CCOC. The van der Waals surface area contributed by atoms with E-state index in [1.807, 2.05) is 10.6 Å². The molecule has 2 heterocycles. The number of nitrogens with zero attached hydrogens (tertiary/aromatic N) is 3. The van der Waals surface area contributed by atoms with Gasteiger partial charge < -0.3 is 18.6 Å². The van der Waals surface area contributed by atoms with Gasteiger partial charge in [-0.1, -0.05) is 16.5 Å². The van der Waals surface area contributed by atoms with Gasteiger partial charge in [0.2, 0.25) is 0 Å². The predicted molar refractivity (Wildman–Crippen MR) is 98.8 cm³/mol. The van der Waals surface area contributed by atoms with E-state index in [9.17, 15) is 9.59 Å². The van der Waals surface area contributed by atoms with Gasteiger partial charge >= 0.3 is 11.9 Å². The molecule has 0 aliphatic rings. The van der Waals surface area contributed by atoms with E-state index in [1.165, 1.54) is 17.4 Å². The summed E-state index contributed by atoms with van der Waals surface area (Å²) in [4.78, 5) is 29.1. The van der Waals surface area contributed by atoms with E-state index >= 15 is 0 Å². The number of esters is 1.